The van der Waals surface area contributed by atoms with Crippen molar-refractivity contribution in [3.63, 3.8) is 0 Å². The number of hydrogen-bond acceptors (Lipinski definition) is 4. The van der Waals surface area contributed by atoms with E-state index in [9.17, 15) is 9.59 Å². The molecule has 0 bridgehead atoms. The third kappa shape index (κ3) is 6.24. The van der Waals surface area contributed by atoms with Crippen LogP contribution in [0.25, 0.3) is 0 Å². The quantitative estimate of drug-likeness (QED) is 0.674. The van der Waals surface area contributed by atoms with Crippen LogP contribution in [0.2, 0.25) is 5.02 Å². The molecule has 0 saturated heterocycles. The minimum atomic E-state index is -0.525. The Bertz CT molecular complexity index is 814. The molecule has 0 atom stereocenters. The van der Waals surface area contributed by atoms with Gasteiger partial charge in [0.2, 0.25) is 0 Å². The van der Waals surface area contributed by atoms with Crippen LogP contribution in [0.3, 0.4) is 0 Å². The molecule has 0 heterocycles. The van der Waals surface area contributed by atoms with E-state index in [1.54, 1.807) is 24.3 Å². The Morgan fingerprint density at radius 3 is 2.23 bits per heavy atom. The maximum Gasteiger partial charge on any atom is 0.276 e. The molecule has 0 saturated carbocycles. The zero-order valence-electron chi connectivity index (χ0n) is 14.3. The second-order valence-electron chi connectivity index (χ2n) is 5.49. The Balaban J connectivity index is 1.71. The molecule has 0 aliphatic rings. The first kappa shape index (κ1) is 20.1. The zero-order valence-corrected chi connectivity index (χ0v) is 16.6. The van der Waals surface area contributed by atoms with Crippen LogP contribution >= 0.6 is 27.5 Å². The lowest BCUT2D eigenvalue weighted by molar-refractivity contribution is -0.131. The number of ether oxygens (including phenoxy) is 2. The summed E-state index contributed by atoms with van der Waals surface area (Å²) in [5.41, 5.74) is 6.71. The molecule has 2 rings (SSSR count). The topological polar surface area (TPSA) is 76.7 Å². The molecule has 0 aliphatic carbocycles. The molecule has 2 aromatic rings. The Morgan fingerprint density at radius 2 is 1.62 bits per heavy atom. The highest BCUT2D eigenvalue weighted by Gasteiger charge is 2.08. The summed E-state index contributed by atoms with van der Waals surface area (Å²) >= 11 is 9.27. The van der Waals surface area contributed by atoms with Crippen LogP contribution in [0.1, 0.15) is 11.1 Å². The molecule has 6 nitrogen and oxygen atoms in total. The molecule has 0 unspecified atom stereocenters. The van der Waals surface area contributed by atoms with Gasteiger partial charge in [0.25, 0.3) is 11.8 Å². The number of hydrazine groups is 1. The van der Waals surface area contributed by atoms with Crippen molar-refractivity contribution in [3.05, 3.63) is 57.0 Å². The average molecular weight is 442 g/mol. The summed E-state index contributed by atoms with van der Waals surface area (Å²) in [6.07, 6.45) is 0. The fourth-order valence-corrected chi connectivity index (χ4v) is 2.63. The highest BCUT2D eigenvalue weighted by Crippen LogP contribution is 2.27. The maximum absolute atomic E-state index is 11.7. The smallest absolute Gasteiger partial charge is 0.276 e. The first-order valence-corrected chi connectivity index (χ1v) is 8.88. The van der Waals surface area contributed by atoms with E-state index in [0.717, 1.165) is 15.6 Å². The van der Waals surface area contributed by atoms with Crippen molar-refractivity contribution in [1.29, 1.82) is 0 Å². The minimum Gasteiger partial charge on any atom is -0.484 e. The summed E-state index contributed by atoms with van der Waals surface area (Å²) in [4.78, 5) is 23.4. The summed E-state index contributed by atoms with van der Waals surface area (Å²) in [5, 5.41) is 0.373. The lowest BCUT2D eigenvalue weighted by Crippen LogP contribution is -2.45. The van der Waals surface area contributed by atoms with Gasteiger partial charge < -0.3 is 9.47 Å². The summed E-state index contributed by atoms with van der Waals surface area (Å²) in [6.45, 7) is 3.44. The van der Waals surface area contributed by atoms with E-state index in [4.69, 9.17) is 21.1 Å². The third-order valence-corrected chi connectivity index (χ3v) is 4.23. The van der Waals surface area contributed by atoms with Gasteiger partial charge in [0, 0.05) is 4.47 Å². The first-order chi connectivity index (χ1) is 12.3. The van der Waals surface area contributed by atoms with Crippen LogP contribution in [-0.2, 0) is 9.59 Å². The second kappa shape index (κ2) is 9.45. The Hall–Kier alpha value is -2.25. The van der Waals surface area contributed by atoms with Crippen LogP contribution in [0.15, 0.2) is 40.9 Å². The summed E-state index contributed by atoms with van der Waals surface area (Å²) < 4.78 is 11.5. The molecule has 0 radical (unpaired) electrons. The summed E-state index contributed by atoms with van der Waals surface area (Å²) in [7, 11) is 0. The molecule has 2 amide bonds. The first-order valence-electron chi connectivity index (χ1n) is 7.70. The van der Waals surface area contributed by atoms with E-state index < -0.39 is 11.8 Å². The van der Waals surface area contributed by atoms with Crippen LogP contribution in [0, 0.1) is 13.8 Å². The fourth-order valence-electron chi connectivity index (χ4n) is 1.90. The summed E-state index contributed by atoms with van der Waals surface area (Å²) in [6, 6.07) is 10.6. The zero-order chi connectivity index (χ0) is 19.1. The third-order valence-electron chi connectivity index (χ3n) is 3.44. The molecule has 0 aromatic heterocycles. The lowest BCUT2D eigenvalue weighted by atomic mass is 10.1. The summed E-state index contributed by atoms with van der Waals surface area (Å²) in [5.74, 6) is -0.0565. The van der Waals surface area contributed by atoms with Crippen molar-refractivity contribution in [2.75, 3.05) is 13.2 Å². The number of rotatable bonds is 6. The average Bonchev–Trinajstić information content (AvgIpc) is 2.60. The van der Waals surface area contributed by atoms with Gasteiger partial charge in [0.05, 0.1) is 5.02 Å². The van der Waals surface area contributed by atoms with Crippen LogP contribution < -0.4 is 20.3 Å². The maximum atomic E-state index is 11.7. The van der Waals surface area contributed by atoms with Gasteiger partial charge in [-0.25, -0.2) is 0 Å². The molecule has 2 N–H and O–H groups in total. The lowest BCUT2D eigenvalue weighted by Gasteiger charge is -2.11. The van der Waals surface area contributed by atoms with Crippen LogP contribution in [-0.4, -0.2) is 25.0 Å². The van der Waals surface area contributed by atoms with Gasteiger partial charge in [0.15, 0.2) is 13.2 Å². The Kier molecular flexibility index (Phi) is 7.29. The van der Waals surface area contributed by atoms with Gasteiger partial charge in [-0.15, -0.1) is 0 Å². The van der Waals surface area contributed by atoms with E-state index in [1.807, 2.05) is 26.0 Å². The molecular weight excluding hydrogens is 424 g/mol. The van der Waals surface area contributed by atoms with Gasteiger partial charge >= 0.3 is 0 Å². The number of nitrogens with one attached hydrogen (secondary N) is 2. The standard InChI is InChI=1S/C18H18BrClN2O4/c1-11-3-5-14(7-12(11)2)25-9-17(23)21-22-18(24)10-26-16-6-4-13(19)8-15(16)20/h3-8H,9-10H2,1-2H3,(H,21,23)(H,22,24). The Morgan fingerprint density at radius 1 is 0.962 bits per heavy atom. The molecule has 0 spiro atoms. The SMILES string of the molecule is Cc1ccc(OCC(=O)NNC(=O)COc2ccc(Br)cc2Cl)cc1C. The van der Waals surface area contributed by atoms with Crippen LogP contribution in [0.5, 0.6) is 11.5 Å². The monoisotopic (exact) mass is 440 g/mol. The highest BCUT2D eigenvalue weighted by molar-refractivity contribution is 9.10. The molecule has 0 fully saturated rings. The van der Waals surface area contributed by atoms with Crippen molar-refractivity contribution >= 4 is 39.3 Å². The molecule has 8 heteroatoms. The number of benzene rings is 2. The van der Waals surface area contributed by atoms with Gasteiger partial charge in [-0.1, -0.05) is 33.6 Å². The number of carbonyl (C=O) groups is 2. The molecule has 138 valence electrons. The number of carbonyl (C=O) groups excluding carboxylic acids is 2. The number of hydrogen-bond donors (Lipinski definition) is 2. The van der Waals surface area contributed by atoms with Gasteiger partial charge in [-0.2, -0.15) is 0 Å². The normalized spacial score (nSPS) is 10.2. The van der Waals surface area contributed by atoms with E-state index >= 15 is 0 Å². The number of aryl methyl sites for hydroxylation is 2. The van der Waals surface area contributed by atoms with Gasteiger partial charge in [-0.3, -0.25) is 20.4 Å². The van der Waals surface area contributed by atoms with E-state index in [0.29, 0.717) is 16.5 Å². The van der Waals surface area contributed by atoms with Gasteiger partial charge in [-0.05, 0) is 55.3 Å². The van der Waals surface area contributed by atoms with Crippen molar-refractivity contribution < 1.29 is 19.1 Å². The molecule has 26 heavy (non-hydrogen) atoms. The van der Waals surface area contributed by atoms with E-state index in [2.05, 4.69) is 26.8 Å². The molecule has 2 aromatic carbocycles. The van der Waals surface area contributed by atoms with Crippen LogP contribution in [0.4, 0.5) is 0 Å². The predicted molar refractivity (Wildman–Crippen MR) is 102 cm³/mol. The van der Waals surface area contributed by atoms with E-state index in [-0.39, 0.29) is 13.2 Å². The molecule has 0 aliphatic heterocycles. The Labute approximate surface area is 164 Å². The van der Waals surface area contributed by atoms with Gasteiger partial charge in [0.1, 0.15) is 11.5 Å². The van der Waals surface area contributed by atoms with E-state index in [1.165, 1.54) is 0 Å². The minimum absolute atomic E-state index is 0.220. The largest absolute Gasteiger partial charge is 0.484 e. The highest BCUT2D eigenvalue weighted by atomic mass is 79.9. The predicted octanol–water partition coefficient (Wildman–Crippen LogP) is 3.32. The van der Waals surface area contributed by atoms with Crippen molar-refractivity contribution in [3.8, 4) is 11.5 Å². The van der Waals surface area contributed by atoms with Crippen molar-refractivity contribution in [1.82, 2.24) is 10.9 Å². The van der Waals surface area contributed by atoms with Crippen molar-refractivity contribution in [2.45, 2.75) is 13.8 Å². The van der Waals surface area contributed by atoms with Crippen molar-refractivity contribution in [2.24, 2.45) is 0 Å². The second-order valence-corrected chi connectivity index (χ2v) is 6.82. The number of halogens is 2. The molecular formula is C18H18BrClN2O4. The number of amides is 2. The fraction of sp³-hybridized carbons (Fsp3) is 0.222.